The summed E-state index contributed by atoms with van der Waals surface area (Å²) in [4.78, 5) is 13.8. The van der Waals surface area contributed by atoms with Crippen LogP contribution in [0.1, 0.15) is 23.7 Å². The molecule has 0 saturated carbocycles. The third kappa shape index (κ3) is 4.61. The van der Waals surface area contributed by atoms with Crippen LogP contribution < -0.4 is 5.32 Å². The maximum absolute atomic E-state index is 12.1. The SMILES string of the molecule is CCCNc1ccc(C(=O)N(C)CCSC)cc1. The number of carbonyl (C=O) groups excluding carboxylic acids is 1. The Morgan fingerprint density at radius 3 is 2.56 bits per heavy atom. The molecule has 1 rings (SSSR count). The minimum Gasteiger partial charge on any atom is -0.385 e. The predicted molar refractivity (Wildman–Crippen MR) is 80.6 cm³/mol. The molecule has 4 heteroatoms. The largest absolute Gasteiger partial charge is 0.385 e. The van der Waals surface area contributed by atoms with E-state index in [1.165, 1.54) is 0 Å². The molecule has 0 bridgehead atoms. The molecule has 0 radical (unpaired) electrons. The molecule has 1 N–H and O–H groups in total. The van der Waals surface area contributed by atoms with Gasteiger partial charge in [-0.25, -0.2) is 0 Å². The number of nitrogens with one attached hydrogen (secondary N) is 1. The quantitative estimate of drug-likeness (QED) is 0.823. The maximum atomic E-state index is 12.1. The Morgan fingerprint density at radius 2 is 2.00 bits per heavy atom. The zero-order valence-corrected chi connectivity index (χ0v) is 12.2. The highest BCUT2D eigenvalue weighted by atomic mass is 32.2. The second-order valence-electron chi connectivity index (χ2n) is 4.22. The van der Waals surface area contributed by atoms with E-state index in [-0.39, 0.29) is 5.91 Å². The first-order valence-electron chi connectivity index (χ1n) is 6.27. The summed E-state index contributed by atoms with van der Waals surface area (Å²) in [5.74, 6) is 1.06. The average Bonchev–Trinajstić information content (AvgIpc) is 2.42. The van der Waals surface area contributed by atoms with Gasteiger partial charge in [-0.1, -0.05) is 6.92 Å². The van der Waals surface area contributed by atoms with E-state index in [2.05, 4.69) is 12.2 Å². The lowest BCUT2D eigenvalue weighted by Gasteiger charge is -2.16. The van der Waals surface area contributed by atoms with Crippen molar-refractivity contribution in [2.75, 3.05) is 37.5 Å². The van der Waals surface area contributed by atoms with Gasteiger partial charge in [0.25, 0.3) is 5.91 Å². The number of amides is 1. The molecule has 0 aliphatic rings. The predicted octanol–water partition coefficient (Wildman–Crippen LogP) is 2.94. The van der Waals surface area contributed by atoms with E-state index in [1.54, 1.807) is 16.7 Å². The van der Waals surface area contributed by atoms with Gasteiger partial charge in [-0.05, 0) is 36.9 Å². The zero-order chi connectivity index (χ0) is 13.4. The summed E-state index contributed by atoms with van der Waals surface area (Å²) in [6.45, 7) is 3.88. The van der Waals surface area contributed by atoms with Crippen LogP contribution in [-0.2, 0) is 0 Å². The van der Waals surface area contributed by atoms with Crippen LogP contribution in [0.4, 0.5) is 5.69 Å². The van der Waals surface area contributed by atoms with Crippen molar-refractivity contribution in [3.05, 3.63) is 29.8 Å². The fourth-order valence-electron chi connectivity index (χ4n) is 1.55. The normalized spacial score (nSPS) is 10.2. The van der Waals surface area contributed by atoms with Gasteiger partial charge in [0.1, 0.15) is 0 Å². The lowest BCUT2D eigenvalue weighted by atomic mass is 10.2. The molecule has 0 aliphatic carbocycles. The second kappa shape index (κ2) is 8.03. The zero-order valence-electron chi connectivity index (χ0n) is 11.4. The Morgan fingerprint density at radius 1 is 1.33 bits per heavy atom. The molecule has 1 aromatic rings. The molecular weight excluding hydrogens is 244 g/mol. The number of thioether (sulfide) groups is 1. The summed E-state index contributed by atoms with van der Waals surface area (Å²) < 4.78 is 0. The minimum absolute atomic E-state index is 0.0890. The average molecular weight is 266 g/mol. The number of carbonyl (C=O) groups is 1. The fraction of sp³-hybridized carbons (Fsp3) is 0.500. The van der Waals surface area contributed by atoms with Crippen molar-refractivity contribution < 1.29 is 4.79 Å². The van der Waals surface area contributed by atoms with Gasteiger partial charge in [-0.15, -0.1) is 0 Å². The first-order chi connectivity index (χ1) is 8.69. The third-order valence-electron chi connectivity index (χ3n) is 2.69. The lowest BCUT2D eigenvalue weighted by Crippen LogP contribution is -2.28. The Balaban J connectivity index is 2.58. The Kier molecular flexibility index (Phi) is 6.65. The van der Waals surface area contributed by atoms with E-state index >= 15 is 0 Å². The number of benzene rings is 1. The van der Waals surface area contributed by atoms with Crippen molar-refractivity contribution in [3.63, 3.8) is 0 Å². The first kappa shape index (κ1) is 14.9. The Hall–Kier alpha value is -1.16. The summed E-state index contributed by atoms with van der Waals surface area (Å²) in [6.07, 6.45) is 3.14. The van der Waals surface area contributed by atoms with Gasteiger partial charge in [-0.2, -0.15) is 11.8 Å². The molecule has 1 aromatic carbocycles. The Bertz CT molecular complexity index is 365. The molecule has 0 aliphatic heterocycles. The van der Waals surface area contributed by atoms with Crippen molar-refractivity contribution in [3.8, 4) is 0 Å². The minimum atomic E-state index is 0.0890. The number of rotatable bonds is 7. The van der Waals surface area contributed by atoms with Crippen molar-refractivity contribution in [2.24, 2.45) is 0 Å². The molecule has 0 heterocycles. The van der Waals surface area contributed by atoms with Crippen LogP contribution in [0.2, 0.25) is 0 Å². The summed E-state index contributed by atoms with van der Waals surface area (Å²) >= 11 is 1.75. The third-order valence-corrected chi connectivity index (χ3v) is 3.28. The topological polar surface area (TPSA) is 32.3 Å². The molecule has 0 fully saturated rings. The van der Waals surface area contributed by atoms with E-state index in [0.717, 1.165) is 36.5 Å². The van der Waals surface area contributed by atoms with Crippen LogP contribution in [0.5, 0.6) is 0 Å². The molecule has 0 unspecified atom stereocenters. The standard InChI is InChI=1S/C14H22N2OS/c1-4-9-15-13-7-5-12(6-8-13)14(17)16(2)10-11-18-3/h5-8,15H,4,9-11H2,1-3H3. The van der Waals surface area contributed by atoms with Crippen molar-refractivity contribution in [1.82, 2.24) is 4.90 Å². The number of nitrogens with zero attached hydrogens (tertiary/aromatic N) is 1. The molecule has 18 heavy (non-hydrogen) atoms. The molecular formula is C14H22N2OS. The van der Waals surface area contributed by atoms with E-state index in [9.17, 15) is 4.79 Å². The van der Waals surface area contributed by atoms with Gasteiger partial charge >= 0.3 is 0 Å². The summed E-state index contributed by atoms with van der Waals surface area (Å²) in [5.41, 5.74) is 1.82. The molecule has 1 amide bonds. The molecule has 0 aromatic heterocycles. The van der Waals surface area contributed by atoms with E-state index in [1.807, 2.05) is 37.6 Å². The summed E-state index contributed by atoms with van der Waals surface area (Å²) in [5, 5.41) is 3.30. The van der Waals surface area contributed by atoms with Crippen LogP contribution in [-0.4, -0.2) is 43.0 Å². The number of hydrogen-bond donors (Lipinski definition) is 1. The van der Waals surface area contributed by atoms with Crippen LogP contribution in [0.25, 0.3) is 0 Å². The van der Waals surface area contributed by atoms with E-state index in [0.29, 0.717) is 0 Å². The van der Waals surface area contributed by atoms with Crippen LogP contribution >= 0.6 is 11.8 Å². The lowest BCUT2D eigenvalue weighted by molar-refractivity contribution is 0.0804. The molecule has 0 saturated heterocycles. The summed E-state index contributed by atoms with van der Waals surface area (Å²) in [7, 11) is 1.85. The van der Waals surface area contributed by atoms with E-state index < -0.39 is 0 Å². The number of anilines is 1. The monoisotopic (exact) mass is 266 g/mol. The van der Waals surface area contributed by atoms with Crippen molar-refractivity contribution >= 4 is 23.4 Å². The smallest absolute Gasteiger partial charge is 0.253 e. The molecule has 3 nitrogen and oxygen atoms in total. The highest BCUT2D eigenvalue weighted by Crippen LogP contribution is 2.11. The van der Waals surface area contributed by atoms with Crippen LogP contribution in [0.15, 0.2) is 24.3 Å². The molecule has 0 atom stereocenters. The van der Waals surface area contributed by atoms with Gasteiger partial charge in [-0.3, -0.25) is 4.79 Å². The van der Waals surface area contributed by atoms with Gasteiger partial charge < -0.3 is 10.2 Å². The highest BCUT2D eigenvalue weighted by molar-refractivity contribution is 7.98. The summed E-state index contributed by atoms with van der Waals surface area (Å²) in [6, 6.07) is 7.70. The maximum Gasteiger partial charge on any atom is 0.253 e. The first-order valence-corrected chi connectivity index (χ1v) is 7.66. The Labute approximate surface area is 114 Å². The molecule has 0 spiro atoms. The van der Waals surface area contributed by atoms with Gasteiger partial charge in [0.15, 0.2) is 0 Å². The van der Waals surface area contributed by atoms with Crippen molar-refractivity contribution in [1.29, 1.82) is 0 Å². The van der Waals surface area contributed by atoms with Gasteiger partial charge in [0, 0.05) is 37.1 Å². The number of hydrogen-bond acceptors (Lipinski definition) is 3. The van der Waals surface area contributed by atoms with Crippen LogP contribution in [0.3, 0.4) is 0 Å². The van der Waals surface area contributed by atoms with Crippen molar-refractivity contribution in [2.45, 2.75) is 13.3 Å². The van der Waals surface area contributed by atoms with Gasteiger partial charge in [0.2, 0.25) is 0 Å². The van der Waals surface area contributed by atoms with Gasteiger partial charge in [0.05, 0.1) is 0 Å². The fourth-order valence-corrected chi connectivity index (χ4v) is 2.01. The molecule has 100 valence electrons. The highest BCUT2D eigenvalue weighted by Gasteiger charge is 2.10. The van der Waals surface area contributed by atoms with E-state index in [4.69, 9.17) is 0 Å². The second-order valence-corrected chi connectivity index (χ2v) is 5.21. The van der Waals surface area contributed by atoms with Crippen LogP contribution in [0, 0.1) is 0 Å².